The maximum absolute atomic E-state index is 12.5. The van der Waals surface area contributed by atoms with Gasteiger partial charge in [0.1, 0.15) is 5.69 Å². The van der Waals surface area contributed by atoms with Crippen LogP contribution in [0.25, 0.3) is 5.65 Å². The quantitative estimate of drug-likeness (QED) is 0.807. The topological polar surface area (TPSA) is 59.3 Å². The van der Waals surface area contributed by atoms with Gasteiger partial charge in [0.25, 0.3) is 5.91 Å². The van der Waals surface area contributed by atoms with E-state index in [-0.39, 0.29) is 5.91 Å². The molecule has 2 aromatic heterocycles. The maximum Gasteiger partial charge on any atom is 0.274 e. The van der Waals surface area contributed by atoms with Crippen molar-refractivity contribution in [2.45, 2.75) is 27.2 Å². The van der Waals surface area contributed by atoms with Crippen molar-refractivity contribution in [3.63, 3.8) is 0 Å². The number of rotatable bonds is 3. The average molecular weight is 294 g/mol. The summed E-state index contributed by atoms with van der Waals surface area (Å²) in [6.45, 7) is 6.05. The van der Waals surface area contributed by atoms with Crippen molar-refractivity contribution in [2.75, 3.05) is 5.32 Å². The number of hydrogen-bond acceptors (Lipinski definition) is 3. The minimum atomic E-state index is -0.205. The lowest BCUT2D eigenvalue weighted by molar-refractivity contribution is 0.102. The molecule has 0 aliphatic rings. The van der Waals surface area contributed by atoms with Crippen molar-refractivity contribution in [2.24, 2.45) is 0 Å². The molecule has 112 valence electrons. The number of amides is 1. The van der Waals surface area contributed by atoms with Crippen LogP contribution in [0.2, 0.25) is 0 Å². The van der Waals surface area contributed by atoms with Gasteiger partial charge in [-0.2, -0.15) is 5.10 Å². The van der Waals surface area contributed by atoms with Gasteiger partial charge in [-0.3, -0.25) is 4.79 Å². The van der Waals surface area contributed by atoms with Crippen LogP contribution in [0.15, 0.2) is 36.5 Å². The number of aryl methyl sites for hydroxylation is 3. The van der Waals surface area contributed by atoms with Crippen LogP contribution in [0, 0.1) is 13.8 Å². The average Bonchev–Trinajstić information content (AvgIpc) is 2.93. The highest BCUT2D eigenvalue weighted by atomic mass is 16.1. The van der Waals surface area contributed by atoms with Gasteiger partial charge in [-0.1, -0.05) is 13.0 Å². The summed E-state index contributed by atoms with van der Waals surface area (Å²) in [6.07, 6.45) is 2.47. The molecule has 3 aromatic rings. The third-order valence-electron chi connectivity index (χ3n) is 3.51. The van der Waals surface area contributed by atoms with Gasteiger partial charge in [0, 0.05) is 17.4 Å². The SMILES string of the molecule is CCc1cc(C(=O)Nc2cc(C)cc(C)c2)nc2ccnn12. The summed E-state index contributed by atoms with van der Waals surface area (Å²) in [6, 6.07) is 9.55. The van der Waals surface area contributed by atoms with Crippen LogP contribution in [-0.2, 0) is 6.42 Å². The molecule has 1 amide bonds. The lowest BCUT2D eigenvalue weighted by Crippen LogP contribution is -2.16. The summed E-state index contributed by atoms with van der Waals surface area (Å²) in [5.74, 6) is -0.205. The van der Waals surface area contributed by atoms with Crippen molar-refractivity contribution in [1.82, 2.24) is 14.6 Å². The zero-order chi connectivity index (χ0) is 15.7. The molecule has 0 unspecified atom stereocenters. The highest BCUT2D eigenvalue weighted by Crippen LogP contribution is 2.15. The van der Waals surface area contributed by atoms with Crippen LogP contribution < -0.4 is 5.32 Å². The zero-order valence-electron chi connectivity index (χ0n) is 12.9. The molecule has 5 nitrogen and oxygen atoms in total. The second kappa shape index (κ2) is 5.60. The fraction of sp³-hybridized carbons (Fsp3) is 0.235. The summed E-state index contributed by atoms with van der Waals surface area (Å²) < 4.78 is 1.76. The third kappa shape index (κ3) is 2.70. The van der Waals surface area contributed by atoms with Gasteiger partial charge in [-0.25, -0.2) is 9.50 Å². The minimum absolute atomic E-state index is 0.205. The fourth-order valence-electron chi connectivity index (χ4n) is 2.59. The van der Waals surface area contributed by atoms with Crippen LogP contribution in [-0.4, -0.2) is 20.5 Å². The maximum atomic E-state index is 12.5. The number of carbonyl (C=O) groups is 1. The summed E-state index contributed by atoms with van der Waals surface area (Å²) >= 11 is 0. The number of aromatic nitrogens is 3. The smallest absolute Gasteiger partial charge is 0.274 e. The third-order valence-corrected chi connectivity index (χ3v) is 3.51. The van der Waals surface area contributed by atoms with E-state index in [2.05, 4.69) is 21.5 Å². The number of benzene rings is 1. The molecule has 1 aromatic carbocycles. The molecule has 0 radical (unpaired) electrons. The number of nitrogens with one attached hydrogen (secondary N) is 1. The highest BCUT2D eigenvalue weighted by molar-refractivity contribution is 6.03. The van der Waals surface area contributed by atoms with E-state index < -0.39 is 0 Å². The van der Waals surface area contributed by atoms with Gasteiger partial charge in [0.2, 0.25) is 0 Å². The number of nitrogens with zero attached hydrogens (tertiary/aromatic N) is 3. The Balaban J connectivity index is 1.94. The van der Waals surface area contributed by atoms with E-state index in [0.717, 1.165) is 28.9 Å². The lowest BCUT2D eigenvalue weighted by atomic mass is 10.1. The standard InChI is InChI=1S/C17H18N4O/c1-4-14-10-15(20-16-5-6-18-21(14)16)17(22)19-13-8-11(2)7-12(3)9-13/h5-10H,4H2,1-3H3,(H,19,22). The van der Waals surface area contributed by atoms with Gasteiger partial charge < -0.3 is 5.32 Å². The normalized spacial score (nSPS) is 10.9. The lowest BCUT2D eigenvalue weighted by Gasteiger charge is -2.09. The van der Waals surface area contributed by atoms with Crippen molar-refractivity contribution in [1.29, 1.82) is 0 Å². The molecule has 3 rings (SSSR count). The van der Waals surface area contributed by atoms with E-state index in [1.165, 1.54) is 0 Å². The largest absolute Gasteiger partial charge is 0.321 e. The number of hydrogen-bond donors (Lipinski definition) is 1. The van der Waals surface area contributed by atoms with Crippen LogP contribution in [0.5, 0.6) is 0 Å². The molecule has 0 aliphatic carbocycles. The molecular formula is C17H18N4O. The van der Waals surface area contributed by atoms with E-state index >= 15 is 0 Å². The Morgan fingerprint density at radius 3 is 2.59 bits per heavy atom. The predicted molar refractivity (Wildman–Crippen MR) is 86.2 cm³/mol. The molecule has 1 N–H and O–H groups in total. The second-order valence-corrected chi connectivity index (χ2v) is 5.42. The molecule has 5 heteroatoms. The van der Waals surface area contributed by atoms with Crippen LogP contribution in [0.3, 0.4) is 0 Å². The summed E-state index contributed by atoms with van der Waals surface area (Å²) in [5.41, 5.74) is 5.07. The highest BCUT2D eigenvalue weighted by Gasteiger charge is 2.12. The Bertz CT molecular complexity index is 831. The van der Waals surface area contributed by atoms with Gasteiger partial charge in [-0.15, -0.1) is 0 Å². The van der Waals surface area contributed by atoms with Crippen molar-refractivity contribution >= 4 is 17.2 Å². The van der Waals surface area contributed by atoms with E-state index in [9.17, 15) is 4.79 Å². The number of fused-ring (bicyclic) bond motifs is 1. The molecule has 0 fully saturated rings. The summed E-state index contributed by atoms with van der Waals surface area (Å²) in [4.78, 5) is 16.8. The van der Waals surface area contributed by atoms with Gasteiger partial charge in [0.15, 0.2) is 5.65 Å². The number of anilines is 1. The zero-order valence-corrected chi connectivity index (χ0v) is 12.9. The molecule has 22 heavy (non-hydrogen) atoms. The Morgan fingerprint density at radius 2 is 1.91 bits per heavy atom. The molecule has 0 saturated carbocycles. The first-order valence-electron chi connectivity index (χ1n) is 7.30. The van der Waals surface area contributed by atoms with Gasteiger partial charge in [0.05, 0.1) is 6.20 Å². The van der Waals surface area contributed by atoms with Crippen LogP contribution in [0.4, 0.5) is 5.69 Å². The Kier molecular flexibility index (Phi) is 3.63. The summed E-state index contributed by atoms with van der Waals surface area (Å²) in [5, 5.41) is 7.14. The molecule has 0 atom stereocenters. The first-order valence-corrected chi connectivity index (χ1v) is 7.30. The van der Waals surface area contributed by atoms with E-state index in [4.69, 9.17) is 0 Å². The molecule has 0 saturated heterocycles. The molecule has 2 heterocycles. The van der Waals surface area contributed by atoms with Gasteiger partial charge in [-0.05, 0) is 49.6 Å². The number of carbonyl (C=O) groups excluding carboxylic acids is 1. The van der Waals surface area contributed by atoms with E-state index in [0.29, 0.717) is 11.3 Å². The van der Waals surface area contributed by atoms with Crippen molar-refractivity contribution < 1.29 is 4.79 Å². The fourth-order valence-corrected chi connectivity index (χ4v) is 2.59. The van der Waals surface area contributed by atoms with Crippen LogP contribution >= 0.6 is 0 Å². The molecule has 0 aliphatic heterocycles. The second-order valence-electron chi connectivity index (χ2n) is 5.42. The van der Waals surface area contributed by atoms with E-state index in [1.54, 1.807) is 22.8 Å². The first kappa shape index (κ1) is 14.3. The van der Waals surface area contributed by atoms with Crippen molar-refractivity contribution in [3.05, 3.63) is 59.0 Å². The van der Waals surface area contributed by atoms with E-state index in [1.807, 2.05) is 32.9 Å². The van der Waals surface area contributed by atoms with Crippen LogP contribution in [0.1, 0.15) is 34.2 Å². The Morgan fingerprint density at radius 1 is 1.18 bits per heavy atom. The first-order chi connectivity index (χ1) is 10.6. The summed E-state index contributed by atoms with van der Waals surface area (Å²) in [7, 11) is 0. The Labute approximate surface area is 129 Å². The van der Waals surface area contributed by atoms with Crippen molar-refractivity contribution in [3.8, 4) is 0 Å². The molecule has 0 bridgehead atoms. The predicted octanol–water partition coefficient (Wildman–Crippen LogP) is 3.16. The minimum Gasteiger partial charge on any atom is -0.321 e. The van der Waals surface area contributed by atoms with Gasteiger partial charge >= 0.3 is 0 Å². The monoisotopic (exact) mass is 294 g/mol. The molecule has 0 spiro atoms. The molecular weight excluding hydrogens is 276 g/mol. The Hall–Kier alpha value is -2.69.